The van der Waals surface area contributed by atoms with Gasteiger partial charge in [0.1, 0.15) is 0 Å². The molecule has 9 aliphatic carbocycles. The van der Waals surface area contributed by atoms with Gasteiger partial charge in [0, 0.05) is 5.66 Å². The second-order valence-corrected chi connectivity index (χ2v) is 22.7. The van der Waals surface area contributed by atoms with Crippen LogP contribution in [0.1, 0.15) is 113 Å². The predicted molar refractivity (Wildman–Crippen MR) is 163 cm³/mol. The average molecular weight is 545 g/mol. The molecular weight excluding hydrogens is 494 g/mol. The highest BCUT2D eigenvalue weighted by atomic mass is 31.1. The number of hydrogen-bond acceptors (Lipinski definition) is 0. The molecule has 0 spiro atoms. The van der Waals surface area contributed by atoms with Crippen molar-refractivity contribution in [2.24, 2.45) is 53.3 Å². The van der Waals surface area contributed by atoms with Crippen LogP contribution in [0.5, 0.6) is 0 Å². The average Bonchev–Trinajstić information content (AvgIpc) is 2.85. The summed E-state index contributed by atoms with van der Waals surface area (Å²) in [4.78, 5) is 0. The van der Waals surface area contributed by atoms with Crippen molar-refractivity contribution in [3.63, 3.8) is 0 Å². The molecule has 1 aromatic rings. The van der Waals surface area contributed by atoms with Crippen molar-refractivity contribution in [2.75, 3.05) is 12.3 Å². The van der Waals surface area contributed by atoms with Crippen LogP contribution in [0.4, 0.5) is 0 Å². The van der Waals surface area contributed by atoms with Crippen LogP contribution in [0.2, 0.25) is 0 Å². The summed E-state index contributed by atoms with van der Waals surface area (Å²) in [6.45, 7) is 0. The molecule has 0 aromatic heterocycles. The van der Waals surface area contributed by atoms with Gasteiger partial charge in [-0.25, -0.2) is 0 Å². The third-order valence-electron chi connectivity index (χ3n) is 14.6. The lowest BCUT2D eigenvalue weighted by atomic mass is 9.55. The van der Waals surface area contributed by atoms with Gasteiger partial charge in [-0.3, -0.25) is 0 Å². The highest BCUT2D eigenvalue weighted by Gasteiger charge is 2.62. The molecule has 3 unspecified atom stereocenters. The van der Waals surface area contributed by atoms with E-state index in [4.69, 9.17) is 0 Å². The Labute approximate surface area is 234 Å². The first-order valence-electron chi connectivity index (χ1n) is 17.2. The van der Waals surface area contributed by atoms with Crippen LogP contribution in [0.15, 0.2) is 24.3 Å². The Balaban J connectivity index is 1.06. The Bertz CT molecular complexity index is 976. The van der Waals surface area contributed by atoms with Gasteiger partial charge in [-0.2, -0.15) is 0 Å². The first kappa shape index (κ1) is 23.6. The standard InChI is InChI=1S/C36H50P2/c1-2-4-33(34-32-12-29-11-30(13-32)21-37(34)20-29)31(3-1)22-38(35-14-23-5-24(15-35)7-25(6-23)16-35)36-17-26-8-27(18-36)10-28(9-26)19-36/h1-4,23-30,32,34H,5-22H2. The smallest absolute Gasteiger partial charge is 0.00733 e. The van der Waals surface area contributed by atoms with Crippen molar-refractivity contribution in [2.45, 2.75) is 118 Å². The summed E-state index contributed by atoms with van der Waals surface area (Å²) in [6, 6.07) is 10.3. The van der Waals surface area contributed by atoms with Crippen molar-refractivity contribution in [3.05, 3.63) is 35.4 Å². The fourth-order valence-corrected chi connectivity index (χ4v) is 23.8. The molecule has 9 saturated carbocycles. The zero-order chi connectivity index (χ0) is 24.6. The lowest BCUT2D eigenvalue weighted by Gasteiger charge is -2.67. The van der Waals surface area contributed by atoms with Gasteiger partial charge in [0.05, 0.1) is 0 Å². The summed E-state index contributed by atoms with van der Waals surface area (Å²) in [5.74, 6) is 9.99. The van der Waals surface area contributed by atoms with E-state index in [-0.39, 0.29) is 15.8 Å². The van der Waals surface area contributed by atoms with Gasteiger partial charge < -0.3 is 0 Å². The maximum absolute atomic E-state index is 2.70. The van der Waals surface area contributed by atoms with E-state index in [0.29, 0.717) is 0 Å². The van der Waals surface area contributed by atoms with Gasteiger partial charge in [0.25, 0.3) is 0 Å². The van der Waals surface area contributed by atoms with Crippen molar-refractivity contribution in [1.82, 2.24) is 0 Å². The molecule has 0 amide bonds. The maximum Gasteiger partial charge on any atom is 0.00733 e. The SMILES string of the molecule is c1ccc(C2C3CC4CC(C3)CP2C4)c(CP(C23CC4CC(CC(C4)C2)C3)C23CC4CC(CC(C4)C2)C3)c1. The predicted octanol–water partition coefficient (Wildman–Crippen LogP) is 10.2. The molecule has 12 fully saturated rings. The van der Waals surface area contributed by atoms with Gasteiger partial charge in [-0.15, -0.1) is 0 Å². The van der Waals surface area contributed by atoms with E-state index >= 15 is 0 Å². The van der Waals surface area contributed by atoms with Crippen LogP contribution in [0.25, 0.3) is 0 Å². The van der Waals surface area contributed by atoms with Gasteiger partial charge in [0.2, 0.25) is 0 Å². The molecule has 3 atom stereocenters. The minimum absolute atomic E-state index is 0.0700. The Morgan fingerprint density at radius 1 is 0.579 bits per heavy atom. The Kier molecular flexibility index (Phi) is 5.18. The molecule has 13 rings (SSSR count). The van der Waals surface area contributed by atoms with Crippen LogP contribution in [-0.2, 0) is 6.16 Å². The quantitative estimate of drug-likeness (QED) is 0.324. The van der Waals surface area contributed by atoms with Crippen LogP contribution in [0.3, 0.4) is 0 Å². The molecule has 204 valence electrons. The fraction of sp³-hybridized carbons (Fsp3) is 0.833. The molecule has 38 heavy (non-hydrogen) atoms. The van der Waals surface area contributed by atoms with Gasteiger partial charge in [0.15, 0.2) is 0 Å². The summed E-state index contributed by atoms with van der Waals surface area (Å²) < 4.78 is 0. The fourth-order valence-electron chi connectivity index (χ4n) is 14.7. The van der Waals surface area contributed by atoms with Crippen molar-refractivity contribution in [1.29, 1.82) is 0 Å². The monoisotopic (exact) mass is 544 g/mol. The topological polar surface area (TPSA) is 0 Å². The molecule has 1 aromatic carbocycles. The van der Waals surface area contributed by atoms with Crippen LogP contribution >= 0.6 is 15.8 Å². The minimum Gasteiger partial charge on any atom is -0.0982 e. The second kappa shape index (κ2) is 8.34. The zero-order valence-corrected chi connectivity index (χ0v) is 25.5. The highest BCUT2D eigenvalue weighted by Crippen LogP contribution is 2.80. The highest BCUT2D eigenvalue weighted by molar-refractivity contribution is 7.60. The number of rotatable bonds is 5. The van der Waals surface area contributed by atoms with Crippen LogP contribution in [0, 0.1) is 53.3 Å². The van der Waals surface area contributed by atoms with E-state index in [1.54, 1.807) is 115 Å². The van der Waals surface area contributed by atoms with E-state index in [0.717, 1.165) is 69.2 Å². The van der Waals surface area contributed by atoms with Crippen LogP contribution in [-0.4, -0.2) is 22.6 Å². The molecule has 2 heteroatoms. The van der Waals surface area contributed by atoms with Crippen LogP contribution < -0.4 is 0 Å². The Morgan fingerprint density at radius 3 is 1.50 bits per heavy atom. The largest absolute Gasteiger partial charge is 0.0982 e. The van der Waals surface area contributed by atoms with Gasteiger partial charge >= 0.3 is 0 Å². The van der Waals surface area contributed by atoms with E-state index in [1.807, 2.05) is 11.1 Å². The summed E-state index contributed by atoms with van der Waals surface area (Å²) in [6.07, 6.45) is 29.3. The summed E-state index contributed by atoms with van der Waals surface area (Å²) in [5, 5.41) is 1.55. The molecular formula is C36H50P2. The minimum atomic E-state index is 0.0700. The van der Waals surface area contributed by atoms with Gasteiger partial charge in [-0.05, 0) is 189 Å². The van der Waals surface area contributed by atoms with Crippen molar-refractivity contribution in [3.8, 4) is 0 Å². The van der Waals surface area contributed by atoms with Crippen molar-refractivity contribution >= 4 is 15.8 Å². The molecule has 3 aliphatic heterocycles. The number of hydrogen-bond donors (Lipinski definition) is 0. The van der Waals surface area contributed by atoms with E-state index in [9.17, 15) is 0 Å². The molecule has 0 radical (unpaired) electrons. The lowest BCUT2D eigenvalue weighted by molar-refractivity contribution is 0.0184. The summed E-state index contributed by atoms with van der Waals surface area (Å²) in [7, 11) is 0.331. The first-order chi connectivity index (χ1) is 18.6. The molecule has 12 bridgehead atoms. The number of benzene rings is 1. The molecule has 3 heterocycles. The lowest BCUT2D eigenvalue weighted by Crippen LogP contribution is -2.56. The van der Waals surface area contributed by atoms with E-state index < -0.39 is 0 Å². The maximum atomic E-state index is 2.70. The molecule has 0 nitrogen and oxygen atoms in total. The Morgan fingerprint density at radius 2 is 1.03 bits per heavy atom. The normalized spacial score (nSPS) is 55.6. The third kappa shape index (κ3) is 3.47. The third-order valence-corrected chi connectivity index (χ3v) is 22.1. The molecule has 12 aliphatic rings. The van der Waals surface area contributed by atoms with Gasteiger partial charge in [-0.1, -0.05) is 40.1 Å². The Hall–Kier alpha value is 0.0800. The molecule has 0 N–H and O–H groups in total. The summed E-state index contributed by atoms with van der Waals surface area (Å²) in [5.41, 5.74) is 4.81. The zero-order valence-electron chi connectivity index (χ0n) is 23.7. The summed E-state index contributed by atoms with van der Waals surface area (Å²) >= 11 is 0. The first-order valence-corrected chi connectivity index (χ1v) is 20.5. The second-order valence-electron chi connectivity index (χ2n) is 17.2. The van der Waals surface area contributed by atoms with E-state index in [2.05, 4.69) is 24.3 Å². The van der Waals surface area contributed by atoms with Crippen molar-refractivity contribution < 1.29 is 0 Å². The molecule has 3 saturated heterocycles. The van der Waals surface area contributed by atoms with E-state index in [1.165, 1.54) is 0 Å².